The third-order valence-corrected chi connectivity index (χ3v) is 5.24. The fraction of sp³-hybridized carbons (Fsp3) is 0.471. The molecule has 1 unspecified atom stereocenters. The van der Waals surface area contributed by atoms with Crippen molar-refractivity contribution in [3.63, 3.8) is 0 Å². The molecule has 6 heteroatoms. The van der Waals surface area contributed by atoms with Crippen LogP contribution in [-0.4, -0.2) is 34.1 Å². The van der Waals surface area contributed by atoms with Gasteiger partial charge in [0.05, 0.1) is 0 Å². The summed E-state index contributed by atoms with van der Waals surface area (Å²) in [6.45, 7) is 5.34. The zero-order valence-corrected chi connectivity index (χ0v) is 14.1. The van der Waals surface area contributed by atoms with E-state index in [-0.39, 0.29) is 23.6 Å². The van der Waals surface area contributed by atoms with Gasteiger partial charge in [-0.05, 0) is 25.0 Å². The number of hydrogen-bond donors (Lipinski definition) is 0. The van der Waals surface area contributed by atoms with Crippen molar-refractivity contribution in [1.29, 1.82) is 0 Å². The Morgan fingerprint density at radius 2 is 2.13 bits per heavy atom. The van der Waals surface area contributed by atoms with Crippen molar-refractivity contribution < 1.29 is 9.18 Å². The Balaban J connectivity index is 1.78. The summed E-state index contributed by atoms with van der Waals surface area (Å²) in [7, 11) is 0. The van der Waals surface area contributed by atoms with Gasteiger partial charge in [-0.1, -0.05) is 37.3 Å². The number of rotatable bonds is 3. The topological polar surface area (TPSA) is 46.1 Å². The standard InChI is InChI=1S/C17H20FN3OS/c1-11(2)17(22)21-9-5-6-12(10-21)15-19-20-16(23-15)13-7-3-4-8-14(13)18/h3-4,7-8,11-12H,5-6,9-10H2,1-2H3. The third kappa shape index (κ3) is 3.42. The number of hydrogen-bond acceptors (Lipinski definition) is 4. The fourth-order valence-electron chi connectivity index (χ4n) is 2.89. The van der Waals surface area contributed by atoms with Crippen molar-refractivity contribution in [2.45, 2.75) is 32.6 Å². The maximum absolute atomic E-state index is 13.9. The molecule has 122 valence electrons. The molecule has 1 atom stereocenters. The number of carbonyl (C=O) groups excluding carboxylic acids is 1. The minimum atomic E-state index is -0.282. The van der Waals surface area contributed by atoms with Gasteiger partial charge in [-0.25, -0.2) is 4.39 Å². The Morgan fingerprint density at radius 1 is 1.35 bits per heavy atom. The van der Waals surface area contributed by atoms with Crippen LogP contribution in [0.1, 0.15) is 37.6 Å². The Hall–Kier alpha value is -1.82. The van der Waals surface area contributed by atoms with Crippen LogP contribution in [0.5, 0.6) is 0 Å². The van der Waals surface area contributed by atoms with Gasteiger partial charge in [0.25, 0.3) is 0 Å². The van der Waals surface area contributed by atoms with E-state index in [1.807, 2.05) is 18.7 Å². The van der Waals surface area contributed by atoms with Crippen molar-refractivity contribution in [1.82, 2.24) is 15.1 Å². The number of likely N-dealkylation sites (tertiary alicyclic amines) is 1. The molecular weight excluding hydrogens is 313 g/mol. The van der Waals surface area contributed by atoms with E-state index in [1.165, 1.54) is 17.4 Å². The van der Waals surface area contributed by atoms with Gasteiger partial charge in [0.1, 0.15) is 10.8 Å². The minimum Gasteiger partial charge on any atom is -0.342 e. The number of amides is 1. The van der Waals surface area contributed by atoms with Crippen LogP contribution in [0, 0.1) is 11.7 Å². The molecule has 1 amide bonds. The van der Waals surface area contributed by atoms with Gasteiger partial charge in [-0.15, -0.1) is 10.2 Å². The van der Waals surface area contributed by atoms with Gasteiger partial charge in [0.2, 0.25) is 5.91 Å². The maximum atomic E-state index is 13.9. The summed E-state index contributed by atoms with van der Waals surface area (Å²) in [5.41, 5.74) is 0.488. The van der Waals surface area contributed by atoms with Crippen LogP contribution >= 0.6 is 11.3 Å². The Morgan fingerprint density at radius 3 is 2.87 bits per heavy atom. The van der Waals surface area contributed by atoms with Crippen molar-refractivity contribution >= 4 is 17.2 Å². The highest BCUT2D eigenvalue weighted by atomic mass is 32.1. The summed E-state index contributed by atoms with van der Waals surface area (Å²) < 4.78 is 13.9. The first-order valence-corrected chi connectivity index (χ1v) is 8.75. The average molecular weight is 333 g/mol. The van der Waals surface area contributed by atoms with E-state index in [2.05, 4.69) is 10.2 Å². The SMILES string of the molecule is CC(C)C(=O)N1CCCC(c2nnc(-c3ccccc3F)s2)C1. The molecule has 0 bridgehead atoms. The van der Waals surface area contributed by atoms with Crippen LogP contribution in [0.4, 0.5) is 4.39 Å². The molecule has 1 aromatic carbocycles. The van der Waals surface area contributed by atoms with Gasteiger partial charge < -0.3 is 4.90 Å². The van der Waals surface area contributed by atoms with E-state index in [1.54, 1.807) is 18.2 Å². The molecule has 0 spiro atoms. The van der Waals surface area contributed by atoms with Crippen LogP contribution in [0.15, 0.2) is 24.3 Å². The molecule has 1 fully saturated rings. The fourth-order valence-corrected chi connectivity index (χ4v) is 3.88. The first-order valence-electron chi connectivity index (χ1n) is 7.93. The lowest BCUT2D eigenvalue weighted by atomic mass is 9.97. The quantitative estimate of drug-likeness (QED) is 0.860. The van der Waals surface area contributed by atoms with Crippen molar-refractivity contribution in [2.24, 2.45) is 5.92 Å². The van der Waals surface area contributed by atoms with Crippen LogP contribution in [0.25, 0.3) is 10.6 Å². The summed E-state index contributed by atoms with van der Waals surface area (Å²) in [6, 6.07) is 6.61. The molecule has 0 N–H and O–H groups in total. The molecule has 4 nitrogen and oxygen atoms in total. The predicted molar refractivity (Wildman–Crippen MR) is 88.7 cm³/mol. The van der Waals surface area contributed by atoms with Crippen LogP contribution in [-0.2, 0) is 4.79 Å². The smallest absolute Gasteiger partial charge is 0.225 e. The maximum Gasteiger partial charge on any atom is 0.225 e. The number of nitrogens with zero attached hydrogens (tertiary/aromatic N) is 3. The zero-order valence-electron chi connectivity index (χ0n) is 13.3. The Bertz CT molecular complexity index is 701. The van der Waals surface area contributed by atoms with Crippen LogP contribution < -0.4 is 0 Å². The lowest BCUT2D eigenvalue weighted by Gasteiger charge is -2.32. The second kappa shape index (κ2) is 6.74. The Labute approximate surface area is 139 Å². The predicted octanol–water partition coefficient (Wildman–Crippen LogP) is 3.71. The van der Waals surface area contributed by atoms with Gasteiger partial charge in [0, 0.05) is 30.5 Å². The first kappa shape index (κ1) is 16.1. The normalized spacial score (nSPS) is 18.4. The molecular formula is C17H20FN3OS. The molecule has 1 aliphatic rings. The monoisotopic (exact) mass is 333 g/mol. The van der Waals surface area contributed by atoms with Gasteiger partial charge in [0.15, 0.2) is 5.01 Å². The summed E-state index contributed by atoms with van der Waals surface area (Å²) in [6.07, 6.45) is 1.96. The van der Waals surface area contributed by atoms with Gasteiger partial charge in [-0.2, -0.15) is 0 Å². The van der Waals surface area contributed by atoms with Gasteiger partial charge >= 0.3 is 0 Å². The summed E-state index contributed by atoms with van der Waals surface area (Å²) >= 11 is 1.43. The second-order valence-electron chi connectivity index (χ2n) is 6.20. The Kier molecular flexibility index (Phi) is 4.71. The molecule has 0 aliphatic carbocycles. The van der Waals surface area contributed by atoms with Crippen molar-refractivity contribution in [3.8, 4) is 10.6 Å². The van der Waals surface area contributed by atoms with E-state index in [0.29, 0.717) is 17.1 Å². The highest BCUT2D eigenvalue weighted by Gasteiger charge is 2.28. The molecule has 3 rings (SSSR count). The molecule has 1 aliphatic heterocycles. The number of aromatic nitrogens is 2. The number of halogens is 1. The summed E-state index contributed by atoms with van der Waals surface area (Å²) in [5, 5.41) is 9.91. The largest absolute Gasteiger partial charge is 0.342 e. The van der Waals surface area contributed by atoms with Crippen molar-refractivity contribution in [2.75, 3.05) is 13.1 Å². The molecule has 0 radical (unpaired) electrons. The molecule has 1 aromatic heterocycles. The molecule has 1 saturated heterocycles. The van der Waals surface area contributed by atoms with Gasteiger partial charge in [-0.3, -0.25) is 4.79 Å². The molecule has 23 heavy (non-hydrogen) atoms. The van der Waals surface area contributed by atoms with Crippen LogP contribution in [0.2, 0.25) is 0 Å². The van der Waals surface area contributed by atoms with E-state index in [4.69, 9.17) is 0 Å². The lowest BCUT2D eigenvalue weighted by molar-refractivity contribution is -0.135. The van der Waals surface area contributed by atoms with Crippen molar-refractivity contribution in [3.05, 3.63) is 35.1 Å². The summed E-state index contributed by atoms with van der Waals surface area (Å²) in [4.78, 5) is 14.1. The molecule has 0 saturated carbocycles. The molecule has 2 heterocycles. The number of piperidine rings is 1. The minimum absolute atomic E-state index is 0.0112. The zero-order chi connectivity index (χ0) is 16.4. The van der Waals surface area contributed by atoms with E-state index >= 15 is 0 Å². The summed E-state index contributed by atoms with van der Waals surface area (Å²) in [5.74, 6) is 0.116. The third-order valence-electron chi connectivity index (χ3n) is 4.12. The van der Waals surface area contributed by atoms with E-state index < -0.39 is 0 Å². The number of benzene rings is 1. The van der Waals surface area contributed by atoms with E-state index in [9.17, 15) is 9.18 Å². The second-order valence-corrected chi connectivity index (χ2v) is 7.21. The number of carbonyl (C=O) groups is 1. The molecule has 2 aromatic rings. The average Bonchev–Trinajstić information content (AvgIpc) is 3.04. The van der Waals surface area contributed by atoms with E-state index in [0.717, 1.165) is 24.4 Å². The lowest BCUT2D eigenvalue weighted by Crippen LogP contribution is -2.41. The highest BCUT2D eigenvalue weighted by Crippen LogP contribution is 2.33. The highest BCUT2D eigenvalue weighted by molar-refractivity contribution is 7.14. The van der Waals surface area contributed by atoms with Crippen LogP contribution in [0.3, 0.4) is 0 Å². The first-order chi connectivity index (χ1) is 11.1.